The Kier molecular flexibility index (Phi) is 7.18. The second-order valence-corrected chi connectivity index (χ2v) is 9.91. The summed E-state index contributed by atoms with van der Waals surface area (Å²) in [4.78, 5) is 12.6. The maximum atomic E-state index is 12.6. The number of hydrogen-bond donors (Lipinski definition) is 2. The van der Waals surface area contributed by atoms with Crippen molar-refractivity contribution in [2.75, 3.05) is 12.4 Å². The van der Waals surface area contributed by atoms with E-state index in [9.17, 15) is 4.79 Å². The van der Waals surface area contributed by atoms with E-state index in [1.54, 1.807) is 7.11 Å². The van der Waals surface area contributed by atoms with Gasteiger partial charge >= 0.3 is 0 Å². The second kappa shape index (κ2) is 9.60. The largest absolute Gasteiger partial charge is 0.495 e. The Labute approximate surface area is 174 Å². The van der Waals surface area contributed by atoms with Crippen LogP contribution in [-0.4, -0.2) is 34.5 Å². The van der Waals surface area contributed by atoms with E-state index in [0.29, 0.717) is 17.0 Å². The highest BCUT2D eigenvalue weighted by molar-refractivity contribution is 8.02. The number of carbonyl (C=O) groups excluding carboxylic acids is 1. The molecule has 8 heteroatoms. The summed E-state index contributed by atoms with van der Waals surface area (Å²) in [7, 11) is 1.64. The molecule has 28 heavy (non-hydrogen) atoms. The van der Waals surface area contributed by atoms with Crippen molar-refractivity contribution in [1.29, 1.82) is 0 Å². The summed E-state index contributed by atoms with van der Waals surface area (Å²) in [5.41, 5.74) is 0.837. The molecule has 1 aromatic carbocycles. The summed E-state index contributed by atoms with van der Waals surface area (Å²) in [5, 5.41) is 15.3. The third-order valence-corrected chi connectivity index (χ3v) is 7.46. The van der Waals surface area contributed by atoms with E-state index in [0.717, 1.165) is 22.2 Å². The summed E-state index contributed by atoms with van der Waals surface area (Å²) in [6.45, 7) is 6.44. The van der Waals surface area contributed by atoms with Gasteiger partial charge in [-0.25, -0.2) is 0 Å². The van der Waals surface area contributed by atoms with E-state index in [4.69, 9.17) is 4.74 Å². The Bertz CT molecular complexity index is 798. The summed E-state index contributed by atoms with van der Waals surface area (Å²) in [6.07, 6.45) is 3.51. The van der Waals surface area contributed by atoms with Crippen molar-refractivity contribution in [3.05, 3.63) is 24.3 Å². The SMILES string of the molecule is COc1ccccc1Nc1nnc(S[C@H](C)C(=O)N[C@@H]2CCC[C@@H](C)[C@H]2C)s1. The first-order chi connectivity index (χ1) is 13.5. The van der Waals surface area contributed by atoms with Crippen LogP contribution < -0.4 is 15.4 Å². The summed E-state index contributed by atoms with van der Waals surface area (Å²) in [5.74, 6) is 2.00. The van der Waals surface area contributed by atoms with Crippen LogP contribution in [-0.2, 0) is 4.79 Å². The molecule has 6 nitrogen and oxygen atoms in total. The van der Waals surface area contributed by atoms with Crippen molar-refractivity contribution in [3.8, 4) is 5.75 Å². The maximum absolute atomic E-state index is 12.6. The molecule has 0 bridgehead atoms. The number of carbonyl (C=O) groups is 1. The zero-order chi connectivity index (χ0) is 20.1. The molecule has 2 N–H and O–H groups in total. The lowest BCUT2D eigenvalue weighted by atomic mass is 9.78. The third kappa shape index (κ3) is 5.17. The summed E-state index contributed by atoms with van der Waals surface area (Å²) < 4.78 is 6.11. The van der Waals surface area contributed by atoms with Crippen molar-refractivity contribution in [2.24, 2.45) is 11.8 Å². The molecule has 1 saturated carbocycles. The van der Waals surface area contributed by atoms with E-state index >= 15 is 0 Å². The van der Waals surface area contributed by atoms with Crippen LogP contribution in [0.4, 0.5) is 10.8 Å². The molecule has 152 valence electrons. The number of ether oxygens (including phenoxy) is 1. The molecule has 1 aliphatic rings. The monoisotopic (exact) mass is 420 g/mol. The van der Waals surface area contributed by atoms with E-state index in [1.807, 2.05) is 31.2 Å². The molecule has 1 fully saturated rings. The Hall–Kier alpha value is -1.80. The molecule has 4 atom stereocenters. The topological polar surface area (TPSA) is 76.1 Å². The number of rotatable bonds is 7. The lowest BCUT2D eigenvalue weighted by Crippen LogP contribution is -2.46. The Morgan fingerprint density at radius 1 is 1.29 bits per heavy atom. The Morgan fingerprint density at radius 2 is 2.07 bits per heavy atom. The van der Waals surface area contributed by atoms with Crippen molar-refractivity contribution in [1.82, 2.24) is 15.5 Å². The second-order valence-electron chi connectivity index (χ2n) is 7.34. The highest BCUT2D eigenvalue weighted by Crippen LogP contribution is 2.34. The highest BCUT2D eigenvalue weighted by atomic mass is 32.2. The zero-order valence-electron chi connectivity index (χ0n) is 16.8. The zero-order valence-corrected chi connectivity index (χ0v) is 18.4. The van der Waals surface area contributed by atoms with Gasteiger partial charge in [0.1, 0.15) is 5.75 Å². The van der Waals surface area contributed by atoms with Gasteiger partial charge in [-0.15, -0.1) is 10.2 Å². The Morgan fingerprint density at radius 3 is 2.86 bits per heavy atom. The van der Waals surface area contributed by atoms with Gasteiger partial charge in [0.05, 0.1) is 18.0 Å². The normalized spacial score (nSPS) is 23.1. The van der Waals surface area contributed by atoms with Gasteiger partial charge < -0.3 is 15.4 Å². The standard InChI is InChI=1S/C20H28N4O2S2/c1-12-8-7-10-15(13(12)2)21-18(25)14(3)27-20-24-23-19(28-20)22-16-9-5-6-11-17(16)26-4/h5-6,9,11-15H,7-8,10H2,1-4H3,(H,21,25)(H,22,23)/t12-,13-,14-,15-/m1/s1. The Balaban J connectivity index is 1.56. The van der Waals surface area contributed by atoms with Crippen molar-refractivity contribution in [3.63, 3.8) is 0 Å². The fraction of sp³-hybridized carbons (Fsp3) is 0.550. The molecule has 0 unspecified atom stereocenters. The predicted molar refractivity (Wildman–Crippen MR) is 116 cm³/mol. The molecule has 3 rings (SSSR count). The summed E-state index contributed by atoms with van der Waals surface area (Å²) in [6, 6.07) is 7.94. The van der Waals surface area contributed by atoms with Crippen LogP contribution in [0.1, 0.15) is 40.0 Å². The van der Waals surface area contributed by atoms with Crippen LogP contribution in [0, 0.1) is 11.8 Å². The number of para-hydroxylation sites is 2. The van der Waals surface area contributed by atoms with Crippen molar-refractivity contribution < 1.29 is 9.53 Å². The first kappa shape index (κ1) is 20.9. The fourth-order valence-corrected chi connectivity index (χ4v) is 5.38. The van der Waals surface area contributed by atoms with E-state index < -0.39 is 0 Å². The van der Waals surface area contributed by atoms with Gasteiger partial charge in [0.2, 0.25) is 11.0 Å². The molecule has 1 amide bonds. The molecular weight excluding hydrogens is 392 g/mol. The van der Waals surface area contributed by atoms with E-state index in [-0.39, 0.29) is 17.2 Å². The lowest BCUT2D eigenvalue weighted by molar-refractivity contribution is -0.121. The van der Waals surface area contributed by atoms with Crippen LogP contribution in [0.5, 0.6) is 5.75 Å². The van der Waals surface area contributed by atoms with Gasteiger partial charge in [-0.3, -0.25) is 4.79 Å². The first-order valence-corrected chi connectivity index (χ1v) is 11.4. The molecule has 0 radical (unpaired) electrons. The van der Waals surface area contributed by atoms with Crippen LogP contribution >= 0.6 is 23.1 Å². The minimum atomic E-state index is -0.212. The molecule has 0 spiro atoms. The van der Waals surface area contributed by atoms with Crippen molar-refractivity contribution >= 4 is 39.8 Å². The fourth-order valence-electron chi connectivity index (χ4n) is 3.46. The van der Waals surface area contributed by atoms with E-state index in [1.165, 1.54) is 35.9 Å². The molecule has 0 saturated heterocycles. The van der Waals surface area contributed by atoms with Gasteiger partial charge in [0.15, 0.2) is 4.34 Å². The minimum Gasteiger partial charge on any atom is -0.495 e. The highest BCUT2D eigenvalue weighted by Gasteiger charge is 2.29. The minimum absolute atomic E-state index is 0.0744. The predicted octanol–water partition coefficient (Wildman–Crippen LogP) is 4.71. The number of aromatic nitrogens is 2. The number of nitrogens with zero attached hydrogens (tertiary/aromatic N) is 2. The molecule has 2 aromatic rings. The van der Waals surface area contributed by atoms with Crippen LogP contribution in [0.3, 0.4) is 0 Å². The quantitative estimate of drug-likeness (QED) is 0.632. The number of thioether (sulfide) groups is 1. The molecule has 1 aromatic heterocycles. The number of nitrogens with one attached hydrogen (secondary N) is 2. The number of hydrogen-bond acceptors (Lipinski definition) is 7. The summed E-state index contributed by atoms with van der Waals surface area (Å²) >= 11 is 2.88. The average Bonchev–Trinajstić information content (AvgIpc) is 3.12. The van der Waals surface area contributed by atoms with Gasteiger partial charge in [0, 0.05) is 6.04 Å². The smallest absolute Gasteiger partial charge is 0.233 e. The number of anilines is 2. The van der Waals surface area contributed by atoms with Crippen molar-refractivity contribution in [2.45, 2.75) is 55.7 Å². The molecule has 1 aliphatic carbocycles. The maximum Gasteiger partial charge on any atom is 0.233 e. The van der Waals surface area contributed by atoms with Crippen LogP contribution in [0.2, 0.25) is 0 Å². The van der Waals surface area contributed by atoms with Gasteiger partial charge in [-0.1, -0.05) is 61.9 Å². The van der Waals surface area contributed by atoms with Gasteiger partial charge in [-0.05, 0) is 37.3 Å². The van der Waals surface area contributed by atoms with Gasteiger partial charge in [-0.2, -0.15) is 0 Å². The average molecular weight is 421 g/mol. The number of benzene rings is 1. The van der Waals surface area contributed by atoms with Crippen LogP contribution in [0.15, 0.2) is 28.6 Å². The molecule has 0 aliphatic heterocycles. The number of amides is 1. The third-order valence-electron chi connectivity index (χ3n) is 5.44. The van der Waals surface area contributed by atoms with Gasteiger partial charge in [0.25, 0.3) is 0 Å². The number of methoxy groups -OCH3 is 1. The molecular formula is C20H28N4O2S2. The van der Waals surface area contributed by atoms with E-state index in [2.05, 4.69) is 34.7 Å². The first-order valence-electron chi connectivity index (χ1n) is 9.68. The van der Waals surface area contributed by atoms with Crippen LogP contribution in [0.25, 0.3) is 0 Å². The lowest BCUT2D eigenvalue weighted by Gasteiger charge is -2.35. The molecule has 1 heterocycles.